The molecule has 0 atom stereocenters. The maximum atomic E-state index is 4.87. The molecule has 0 aliphatic heterocycles. The summed E-state index contributed by atoms with van der Waals surface area (Å²) in [5, 5.41) is 4.85. The van der Waals surface area contributed by atoms with Gasteiger partial charge in [-0.2, -0.15) is 0 Å². The van der Waals surface area contributed by atoms with Crippen molar-refractivity contribution in [1.82, 2.24) is 14.1 Å². The Morgan fingerprint density at radius 3 is 1.70 bits per heavy atom. The van der Waals surface area contributed by atoms with E-state index in [2.05, 4.69) is 161 Å². The number of hydrogen-bond donors (Lipinski definition) is 0. The van der Waals surface area contributed by atoms with Gasteiger partial charge < -0.3 is 9.13 Å². The van der Waals surface area contributed by atoms with Crippen molar-refractivity contribution in [3.63, 3.8) is 0 Å². The molecule has 0 saturated carbocycles. The van der Waals surface area contributed by atoms with E-state index in [0.717, 1.165) is 22.6 Å². The van der Waals surface area contributed by atoms with E-state index in [-0.39, 0.29) is 0 Å². The van der Waals surface area contributed by atoms with Crippen LogP contribution < -0.4 is 0 Å². The second kappa shape index (κ2) is 9.82. The molecule has 3 nitrogen and oxygen atoms in total. The van der Waals surface area contributed by atoms with Gasteiger partial charge in [0, 0.05) is 44.7 Å². The van der Waals surface area contributed by atoms with Crippen molar-refractivity contribution in [2.45, 2.75) is 0 Å². The lowest BCUT2D eigenvalue weighted by atomic mass is 9.99. The number of benzene rings is 6. The summed E-state index contributed by atoms with van der Waals surface area (Å²) in [4.78, 5) is 4.87. The molecule has 9 aromatic rings. The van der Waals surface area contributed by atoms with Gasteiger partial charge in [-0.15, -0.1) is 0 Å². The van der Waals surface area contributed by atoms with Crippen LogP contribution in [-0.4, -0.2) is 14.1 Å². The standard InChI is InChI=1S/C41H27N3/c1-3-13-28(14-4-1)29-22-24-31(25-23-29)44-38-21-10-8-18-33(38)39-35(36-19-11-12-26-42-36)27-34-32-17-7-9-20-37(32)43(40(34)41(39)44)30-15-5-2-6-16-30/h1-27H. The molecular formula is C41H27N3. The third-order valence-corrected chi connectivity index (χ3v) is 8.76. The Morgan fingerprint density at radius 1 is 0.409 bits per heavy atom. The van der Waals surface area contributed by atoms with Crippen molar-refractivity contribution < 1.29 is 0 Å². The summed E-state index contributed by atoms with van der Waals surface area (Å²) in [6, 6.07) is 56.3. The van der Waals surface area contributed by atoms with E-state index >= 15 is 0 Å². The van der Waals surface area contributed by atoms with Gasteiger partial charge >= 0.3 is 0 Å². The van der Waals surface area contributed by atoms with E-state index in [1.54, 1.807) is 0 Å². The Labute approximate surface area is 254 Å². The Balaban J connectivity index is 1.49. The Kier molecular flexibility index (Phi) is 5.50. The van der Waals surface area contributed by atoms with Gasteiger partial charge in [-0.1, -0.05) is 103 Å². The number of hydrogen-bond acceptors (Lipinski definition) is 1. The van der Waals surface area contributed by atoms with Crippen LogP contribution in [0.15, 0.2) is 164 Å². The van der Waals surface area contributed by atoms with Gasteiger partial charge in [-0.25, -0.2) is 0 Å². The Morgan fingerprint density at radius 2 is 0.977 bits per heavy atom. The minimum absolute atomic E-state index is 0.971. The maximum Gasteiger partial charge on any atom is 0.0795 e. The summed E-state index contributed by atoms with van der Waals surface area (Å²) >= 11 is 0. The summed E-state index contributed by atoms with van der Waals surface area (Å²) < 4.78 is 4.88. The van der Waals surface area contributed by atoms with Gasteiger partial charge in [-0.05, 0) is 65.7 Å². The molecule has 3 aromatic heterocycles. The normalized spacial score (nSPS) is 11.6. The molecule has 6 aromatic carbocycles. The summed E-state index contributed by atoms with van der Waals surface area (Å²) in [7, 11) is 0. The van der Waals surface area contributed by atoms with Crippen LogP contribution >= 0.6 is 0 Å². The van der Waals surface area contributed by atoms with Crippen LogP contribution in [0.5, 0.6) is 0 Å². The van der Waals surface area contributed by atoms with E-state index in [4.69, 9.17) is 4.98 Å². The number of para-hydroxylation sites is 3. The minimum Gasteiger partial charge on any atom is -0.307 e. The molecule has 0 bridgehead atoms. The van der Waals surface area contributed by atoms with E-state index < -0.39 is 0 Å². The molecule has 3 heterocycles. The zero-order chi connectivity index (χ0) is 29.0. The highest BCUT2D eigenvalue weighted by molar-refractivity contribution is 6.27. The van der Waals surface area contributed by atoms with Crippen LogP contribution in [-0.2, 0) is 0 Å². The molecule has 0 amide bonds. The minimum atomic E-state index is 0.971. The molecule has 0 aliphatic rings. The van der Waals surface area contributed by atoms with Gasteiger partial charge in [0.15, 0.2) is 0 Å². The fraction of sp³-hybridized carbons (Fsp3) is 0. The molecule has 0 N–H and O–H groups in total. The summed E-state index contributed by atoms with van der Waals surface area (Å²) in [5.74, 6) is 0. The second-order valence-electron chi connectivity index (χ2n) is 11.2. The van der Waals surface area contributed by atoms with Gasteiger partial charge in [0.1, 0.15) is 0 Å². The van der Waals surface area contributed by atoms with Crippen molar-refractivity contribution in [2.75, 3.05) is 0 Å². The SMILES string of the molecule is c1ccc(-c2ccc(-n3c4ccccc4c4c(-c5ccccn5)cc5c6ccccc6n(-c6ccccc6)c5c43)cc2)cc1. The number of aromatic nitrogens is 3. The Hall–Kier alpha value is -5.93. The molecule has 206 valence electrons. The first kappa shape index (κ1) is 24.6. The molecule has 9 rings (SSSR count). The largest absolute Gasteiger partial charge is 0.307 e. The molecular weight excluding hydrogens is 534 g/mol. The van der Waals surface area contributed by atoms with Crippen LogP contribution in [0.2, 0.25) is 0 Å². The topological polar surface area (TPSA) is 22.8 Å². The highest BCUT2D eigenvalue weighted by Gasteiger charge is 2.24. The first-order valence-corrected chi connectivity index (χ1v) is 15.0. The lowest BCUT2D eigenvalue weighted by molar-refractivity contribution is 1.15. The summed E-state index contributed by atoms with van der Waals surface area (Å²) in [5.41, 5.74) is 11.5. The van der Waals surface area contributed by atoms with E-state index in [9.17, 15) is 0 Å². The smallest absolute Gasteiger partial charge is 0.0795 e. The lowest BCUT2D eigenvalue weighted by Crippen LogP contribution is -1.99. The van der Waals surface area contributed by atoms with Crippen LogP contribution in [0.25, 0.3) is 77.4 Å². The Bertz CT molecular complexity index is 2450. The predicted octanol–water partition coefficient (Wildman–Crippen LogP) is 10.6. The zero-order valence-electron chi connectivity index (χ0n) is 23.9. The van der Waals surface area contributed by atoms with Crippen molar-refractivity contribution in [3.05, 3.63) is 164 Å². The highest BCUT2D eigenvalue weighted by atomic mass is 15.0. The van der Waals surface area contributed by atoms with Crippen molar-refractivity contribution in [3.8, 4) is 33.8 Å². The average Bonchev–Trinajstić information content (AvgIpc) is 3.63. The van der Waals surface area contributed by atoms with E-state index in [1.165, 1.54) is 54.7 Å². The first-order valence-electron chi connectivity index (χ1n) is 15.0. The van der Waals surface area contributed by atoms with Gasteiger partial charge in [0.2, 0.25) is 0 Å². The third kappa shape index (κ3) is 3.66. The summed E-state index contributed by atoms with van der Waals surface area (Å²) in [6.45, 7) is 0. The van der Waals surface area contributed by atoms with Gasteiger partial charge in [0.25, 0.3) is 0 Å². The maximum absolute atomic E-state index is 4.87. The molecule has 0 radical (unpaired) electrons. The molecule has 3 heteroatoms. The van der Waals surface area contributed by atoms with Crippen LogP contribution in [0.1, 0.15) is 0 Å². The fourth-order valence-electron chi connectivity index (χ4n) is 6.87. The fourth-order valence-corrected chi connectivity index (χ4v) is 6.87. The first-order chi connectivity index (χ1) is 21.9. The van der Waals surface area contributed by atoms with Gasteiger partial charge in [0.05, 0.1) is 27.8 Å². The van der Waals surface area contributed by atoms with Crippen LogP contribution in [0, 0.1) is 0 Å². The number of rotatable bonds is 4. The van der Waals surface area contributed by atoms with E-state index in [0.29, 0.717) is 0 Å². The zero-order valence-corrected chi connectivity index (χ0v) is 23.9. The summed E-state index contributed by atoms with van der Waals surface area (Å²) in [6.07, 6.45) is 1.89. The highest BCUT2D eigenvalue weighted by Crippen LogP contribution is 2.45. The second-order valence-corrected chi connectivity index (χ2v) is 11.2. The molecule has 44 heavy (non-hydrogen) atoms. The lowest BCUT2D eigenvalue weighted by Gasteiger charge is -2.14. The van der Waals surface area contributed by atoms with Crippen molar-refractivity contribution in [1.29, 1.82) is 0 Å². The van der Waals surface area contributed by atoms with Crippen LogP contribution in [0.3, 0.4) is 0 Å². The number of pyridine rings is 1. The molecule has 0 fully saturated rings. The third-order valence-electron chi connectivity index (χ3n) is 8.76. The van der Waals surface area contributed by atoms with Crippen LogP contribution in [0.4, 0.5) is 0 Å². The monoisotopic (exact) mass is 561 g/mol. The van der Waals surface area contributed by atoms with Gasteiger partial charge in [-0.3, -0.25) is 4.98 Å². The molecule has 0 spiro atoms. The predicted molar refractivity (Wildman–Crippen MR) is 184 cm³/mol. The van der Waals surface area contributed by atoms with E-state index in [1.807, 2.05) is 12.3 Å². The quantitative estimate of drug-likeness (QED) is 0.210. The molecule has 0 saturated heterocycles. The van der Waals surface area contributed by atoms with Crippen molar-refractivity contribution >= 4 is 43.6 Å². The average molecular weight is 562 g/mol. The number of fused-ring (bicyclic) bond motifs is 7. The number of nitrogens with zero attached hydrogens (tertiary/aromatic N) is 3. The molecule has 0 aliphatic carbocycles. The molecule has 0 unspecified atom stereocenters. The van der Waals surface area contributed by atoms with Crippen molar-refractivity contribution in [2.24, 2.45) is 0 Å².